The molecule has 2 N–H and O–H groups in total. The molecule has 2 aliphatic rings. The van der Waals surface area contributed by atoms with E-state index in [1.54, 1.807) is 0 Å². The molecule has 0 saturated carbocycles. The van der Waals surface area contributed by atoms with Gasteiger partial charge in [0.05, 0.1) is 6.54 Å². The van der Waals surface area contributed by atoms with Gasteiger partial charge in [0.15, 0.2) is 0 Å². The number of aromatic nitrogens is 1. The monoisotopic (exact) mass is 384 g/mol. The van der Waals surface area contributed by atoms with E-state index in [-0.39, 0.29) is 24.9 Å². The normalized spacial score (nSPS) is 21.3. The maximum atomic E-state index is 13.1. The molecular weight excluding hydrogens is 364 g/mol. The fourth-order valence-corrected chi connectivity index (χ4v) is 4.52. The van der Waals surface area contributed by atoms with Gasteiger partial charge in [0, 0.05) is 11.1 Å². The average molecular weight is 384 g/mol. The molecule has 7 nitrogen and oxygen atoms in total. The number of benzene rings is 1. The van der Waals surface area contributed by atoms with Crippen molar-refractivity contribution in [3.8, 4) is 0 Å². The van der Waals surface area contributed by atoms with Crippen LogP contribution in [0.25, 0.3) is 0 Å². The third-order valence-corrected chi connectivity index (χ3v) is 6.02. The third-order valence-electron chi connectivity index (χ3n) is 5.06. The molecule has 1 saturated heterocycles. The minimum atomic E-state index is -1.04. The van der Waals surface area contributed by atoms with Gasteiger partial charge in [-0.25, -0.2) is 9.78 Å². The van der Waals surface area contributed by atoms with Gasteiger partial charge in [0.2, 0.25) is 5.91 Å². The SMILES string of the molecule is Cc1csc(CNC(=O)CN2C(=O)N[C@]3(CCCc4ccccc43)C2=O)n1. The quantitative estimate of drug-likeness (QED) is 0.787. The molecule has 1 fully saturated rings. The first-order valence-electron chi connectivity index (χ1n) is 8.90. The highest BCUT2D eigenvalue weighted by molar-refractivity contribution is 7.09. The van der Waals surface area contributed by atoms with E-state index in [0.717, 1.165) is 39.6 Å². The number of carbonyl (C=O) groups is 3. The number of fused-ring (bicyclic) bond motifs is 2. The summed E-state index contributed by atoms with van der Waals surface area (Å²) in [7, 11) is 0. The molecule has 1 aliphatic carbocycles. The van der Waals surface area contributed by atoms with Crippen LogP contribution in [-0.4, -0.2) is 34.3 Å². The van der Waals surface area contributed by atoms with Crippen LogP contribution in [0.4, 0.5) is 4.79 Å². The molecule has 1 aromatic carbocycles. The molecule has 4 rings (SSSR count). The Kier molecular flexibility index (Phi) is 4.43. The van der Waals surface area contributed by atoms with Crippen LogP contribution in [-0.2, 0) is 28.1 Å². The second kappa shape index (κ2) is 6.77. The molecule has 140 valence electrons. The minimum Gasteiger partial charge on any atom is -0.348 e. The summed E-state index contributed by atoms with van der Waals surface area (Å²) in [6.07, 6.45) is 2.24. The van der Waals surface area contributed by atoms with Gasteiger partial charge in [-0.2, -0.15) is 0 Å². The predicted molar refractivity (Wildman–Crippen MR) is 100 cm³/mol. The molecule has 2 aromatic rings. The summed E-state index contributed by atoms with van der Waals surface area (Å²) >= 11 is 1.46. The molecule has 27 heavy (non-hydrogen) atoms. The number of carbonyl (C=O) groups excluding carboxylic acids is 3. The van der Waals surface area contributed by atoms with Crippen molar-refractivity contribution in [3.63, 3.8) is 0 Å². The molecular formula is C19H20N4O3S. The average Bonchev–Trinajstić information content (AvgIpc) is 3.18. The first-order valence-corrected chi connectivity index (χ1v) is 9.78. The number of thiazole rings is 1. The van der Waals surface area contributed by atoms with Gasteiger partial charge < -0.3 is 10.6 Å². The number of amides is 4. The third kappa shape index (κ3) is 3.10. The maximum Gasteiger partial charge on any atom is 0.325 e. The van der Waals surface area contributed by atoms with Crippen LogP contribution in [0.2, 0.25) is 0 Å². The fourth-order valence-electron chi connectivity index (χ4n) is 3.81. The minimum absolute atomic E-state index is 0.287. The molecule has 1 atom stereocenters. The predicted octanol–water partition coefficient (Wildman–Crippen LogP) is 1.85. The van der Waals surface area contributed by atoms with Crippen LogP contribution in [0.5, 0.6) is 0 Å². The fraction of sp³-hybridized carbons (Fsp3) is 0.368. The van der Waals surface area contributed by atoms with E-state index >= 15 is 0 Å². The van der Waals surface area contributed by atoms with Crippen LogP contribution < -0.4 is 10.6 Å². The van der Waals surface area contributed by atoms with Crippen molar-refractivity contribution in [1.29, 1.82) is 0 Å². The Labute approximate surface area is 160 Å². The first kappa shape index (κ1) is 17.7. The van der Waals surface area contributed by atoms with Gasteiger partial charge in [-0.15, -0.1) is 11.3 Å². The summed E-state index contributed by atoms with van der Waals surface area (Å²) in [6, 6.07) is 7.17. The molecule has 0 bridgehead atoms. The van der Waals surface area contributed by atoms with Crippen LogP contribution in [0.15, 0.2) is 29.6 Å². The van der Waals surface area contributed by atoms with Crippen molar-refractivity contribution in [3.05, 3.63) is 51.5 Å². The molecule has 4 amide bonds. The summed E-state index contributed by atoms with van der Waals surface area (Å²) in [5, 5.41) is 8.27. The van der Waals surface area contributed by atoms with Crippen LogP contribution in [0.3, 0.4) is 0 Å². The highest BCUT2D eigenvalue weighted by atomic mass is 32.1. The van der Waals surface area contributed by atoms with Gasteiger partial charge in [0.25, 0.3) is 5.91 Å². The Morgan fingerprint density at radius 2 is 2.19 bits per heavy atom. The largest absolute Gasteiger partial charge is 0.348 e. The molecule has 0 unspecified atom stereocenters. The van der Waals surface area contributed by atoms with E-state index in [1.165, 1.54) is 11.3 Å². The molecule has 8 heteroatoms. The Hall–Kier alpha value is -2.74. The van der Waals surface area contributed by atoms with E-state index in [1.807, 2.05) is 36.6 Å². The van der Waals surface area contributed by atoms with Gasteiger partial charge >= 0.3 is 6.03 Å². The lowest BCUT2D eigenvalue weighted by molar-refractivity contribution is -0.135. The number of hydrogen-bond donors (Lipinski definition) is 2. The number of nitrogens with zero attached hydrogens (tertiary/aromatic N) is 2. The van der Waals surface area contributed by atoms with Crippen molar-refractivity contribution in [2.45, 2.75) is 38.3 Å². The molecule has 1 aromatic heterocycles. The van der Waals surface area contributed by atoms with Crippen LogP contribution >= 0.6 is 11.3 Å². The zero-order chi connectivity index (χ0) is 19.0. The second-order valence-electron chi connectivity index (χ2n) is 6.90. The molecule has 1 aliphatic heterocycles. The van der Waals surface area contributed by atoms with Crippen molar-refractivity contribution < 1.29 is 14.4 Å². The number of rotatable bonds is 4. The number of hydrogen-bond acceptors (Lipinski definition) is 5. The van der Waals surface area contributed by atoms with Crippen LogP contribution in [0, 0.1) is 6.92 Å². The van der Waals surface area contributed by atoms with Gasteiger partial charge in [-0.3, -0.25) is 14.5 Å². The second-order valence-corrected chi connectivity index (χ2v) is 7.84. The summed E-state index contributed by atoms with van der Waals surface area (Å²) in [5.74, 6) is -0.729. The van der Waals surface area contributed by atoms with E-state index in [2.05, 4.69) is 15.6 Å². The molecule has 0 radical (unpaired) electrons. The zero-order valence-corrected chi connectivity index (χ0v) is 15.8. The van der Waals surface area contributed by atoms with E-state index in [0.29, 0.717) is 6.42 Å². The van der Waals surface area contributed by atoms with Crippen molar-refractivity contribution >= 4 is 29.2 Å². The summed E-state index contributed by atoms with van der Waals surface area (Å²) < 4.78 is 0. The van der Waals surface area contributed by atoms with Crippen molar-refractivity contribution in [2.24, 2.45) is 0 Å². The lowest BCUT2D eigenvalue weighted by Gasteiger charge is -2.33. The van der Waals surface area contributed by atoms with Crippen molar-refractivity contribution in [2.75, 3.05) is 6.54 Å². The van der Waals surface area contributed by atoms with E-state index in [9.17, 15) is 14.4 Å². The van der Waals surface area contributed by atoms with Crippen molar-refractivity contribution in [1.82, 2.24) is 20.5 Å². The Balaban J connectivity index is 1.48. The highest BCUT2D eigenvalue weighted by Crippen LogP contribution is 2.39. The lowest BCUT2D eigenvalue weighted by Crippen LogP contribution is -2.47. The topological polar surface area (TPSA) is 91.4 Å². The number of aryl methyl sites for hydroxylation is 2. The standard InChI is InChI=1S/C19H20N4O3S/c1-12-11-27-16(21-12)9-20-15(24)10-23-17(25)19(22-18(23)26)8-4-6-13-5-2-3-7-14(13)19/h2-3,5,7,11H,4,6,8-10H2,1H3,(H,20,24)(H,22,26)/t19-/m0/s1. The summed E-state index contributed by atoms with van der Waals surface area (Å²) in [5.41, 5.74) is 1.77. The molecule has 1 spiro atoms. The van der Waals surface area contributed by atoms with E-state index < -0.39 is 11.6 Å². The lowest BCUT2D eigenvalue weighted by atomic mass is 9.76. The zero-order valence-electron chi connectivity index (χ0n) is 14.9. The molecule has 2 heterocycles. The van der Waals surface area contributed by atoms with Gasteiger partial charge in [-0.05, 0) is 37.3 Å². The summed E-state index contributed by atoms with van der Waals surface area (Å²) in [6.45, 7) is 1.88. The Morgan fingerprint density at radius 3 is 2.96 bits per heavy atom. The van der Waals surface area contributed by atoms with Crippen LogP contribution in [0.1, 0.15) is 34.7 Å². The van der Waals surface area contributed by atoms with E-state index in [4.69, 9.17) is 0 Å². The summed E-state index contributed by atoms with van der Waals surface area (Å²) in [4.78, 5) is 43.2. The van der Waals surface area contributed by atoms with Gasteiger partial charge in [0.1, 0.15) is 17.1 Å². The van der Waals surface area contributed by atoms with Gasteiger partial charge in [-0.1, -0.05) is 24.3 Å². The number of urea groups is 1. The number of imide groups is 1. The maximum absolute atomic E-state index is 13.1. The highest BCUT2D eigenvalue weighted by Gasteiger charge is 2.54. The Bertz CT molecular complexity index is 925. The number of nitrogens with one attached hydrogen (secondary N) is 2. The first-order chi connectivity index (χ1) is 13.0. The Morgan fingerprint density at radius 1 is 1.37 bits per heavy atom. The smallest absolute Gasteiger partial charge is 0.325 e.